The summed E-state index contributed by atoms with van der Waals surface area (Å²) in [6, 6.07) is 17.4. The van der Waals surface area contributed by atoms with E-state index < -0.39 is 11.7 Å². The molecule has 0 saturated carbocycles. The van der Waals surface area contributed by atoms with E-state index in [1.54, 1.807) is 17.4 Å². The molecule has 0 bridgehead atoms. The molecule has 0 radical (unpaired) electrons. The van der Waals surface area contributed by atoms with Crippen LogP contribution in [0.2, 0.25) is 0 Å². The van der Waals surface area contributed by atoms with Gasteiger partial charge in [-0.25, -0.2) is 9.40 Å². The Labute approximate surface area is 202 Å². The number of methoxy groups -OCH3 is 1. The summed E-state index contributed by atoms with van der Waals surface area (Å²) in [4.78, 5) is 28.9. The number of amides is 2. The summed E-state index contributed by atoms with van der Waals surface area (Å²) in [5, 5.41) is 8.10. The zero-order valence-electron chi connectivity index (χ0n) is 19.1. The lowest BCUT2D eigenvalue weighted by Crippen LogP contribution is -2.43. The lowest BCUT2D eigenvalue weighted by Gasteiger charge is -2.27. The van der Waals surface area contributed by atoms with Crippen molar-refractivity contribution >= 4 is 28.9 Å². The highest BCUT2D eigenvalue weighted by Gasteiger charge is 2.35. The lowest BCUT2D eigenvalue weighted by molar-refractivity contribution is -0.133. The Kier molecular flexibility index (Phi) is 7.49. The molecule has 1 atom stereocenters. The molecule has 1 aliphatic heterocycles. The van der Waals surface area contributed by atoms with Gasteiger partial charge in [-0.2, -0.15) is 5.10 Å². The van der Waals surface area contributed by atoms with Crippen LogP contribution in [0.25, 0.3) is 0 Å². The highest BCUT2D eigenvalue weighted by Crippen LogP contribution is 2.34. The summed E-state index contributed by atoms with van der Waals surface area (Å²) < 4.78 is 19.4. The van der Waals surface area contributed by atoms with Gasteiger partial charge in [0.15, 0.2) is 0 Å². The van der Waals surface area contributed by atoms with Gasteiger partial charge in [0.2, 0.25) is 0 Å². The fraction of sp³-hybridized carbons (Fsp3) is 0.269. The van der Waals surface area contributed by atoms with E-state index in [-0.39, 0.29) is 37.2 Å². The number of nitrogens with zero attached hydrogens (tertiary/aromatic N) is 3. The molecule has 3 aromatic rings. The summed E-state index contributed by atoms with van der Waals surface area (Å²) in [5.74, 6) is -1.52. The molecule has 0 unspecified atom stereocenters. The second-order valence-electron chi connectivity index (χ2n) is 8.09. The highest BCUT2D eigenvalue weighted by molar-refractivity contribution is 7.12. The van der Waals surface area contributed by atoms with Crippen LogP contribution in [-0.2, 0) is 9.53 Å². The van der Waals surface area contributed by atoms with Crippen molar-refractivity contribution < 1.29 is 18.7 Å². The van der Waals surface area contributed by atoms with Gasteiger partial charge >= 0.3 is 0 Å². The van der Waals surface area contributed by atoms with Crippen LogP contribution in [0.15, 0.2) is 71.1 Å². The van der Waals surface area contributed by atoms with Crippen LogP contribution in [0, 0.1) is 12.7 Å². The number of hydrogen-bond donors (Lipinski definition) is 0. The first-order valence-corrected chi connectivity index (χ1v) is 11.9. The zero-order chi connectivity index (χ0) is 24.1. The van der Waals surface area contributed by atoms with Crippen molar-refractivity contribution in [1.82, 2.24) is 9.91 Å². The summed E-state index contributed by atoms with van der Waals surface area (Å²) in [6.07, 6.45) is 0.578. The normalized spacial score (nSPS) is 15.3. The molecule has 0 saturated heterocycles. The molecule has 6 nitrogen and oxygen atoms in total. The third-order valence-corrected chi connectivity index (χ3v) is 6.64. The zero-order valence-corrected chi connectivity index (χ0v) is 19.9. The lowest BCUT2D eigenvalue weighted by atomic mass is 10.00. The molecule has 2 amide bonds. The van der Waals surface area contributed by atoms with Crippen molar-refractivity contribution in [3.63, 3.8) is 0 Å². The molecule has 2 aromatic carbocycles. The number of carbonyl (C=O) groups is 2. The second-order valence-corrected chi connectivity index (χ2v) is 9.04. The molecular formula is C26H26FN3O3S. The van der Waals surface area contributed by atoms with Crippen LogP contribution in [0.1, 0.15) is 38.8 Å². The SMILES string of the molecule is COCCN(CC(=O)N1N=C(c2cccs2)C[C@@H]1c1ccc(C)cc1)C(=O)c1ccccc1F. The van der Waals surface area contributed by atoms with Crippen molar-refractivity contribution in [2.24, 2.45) is 5.10 Å². The van der Waals surface area contributed by atoms with E-state index in [1.165, 1.54) is 35.2 Å². The first-order valence-electron chi connectivity index (χ1n) is 11.0. The largest absolute Gasteiger partial charge is 0.383 e. The molecular weight excluding hydrogens is 453 g/mol. The number of ether oxygens (including phenoxy) is 1. The monoisotopic (exact) mass is 479 g/mol. The van der Waals surface area contributed by atoms with Gasteiger partial charge in [-0.1, -0.05) is 48.0 Å². The fourth-order valence-corrected chi connectivity index (χ4v) is 4.60. The maximum atomic E-state index is 14.3. The van der Waals surface area contributed by atoms with Gasteiger partial charge in [-0.05, 0) is 36.1 Å². The molecule has 0 fully saturated rings. The average Bonchev–Trinajstić information content (AvgIpc) is 3.52. The molecule has 34 heavy (non-hydrogen) atoms. The Balaban J connectivity index is 1.61. The molecule has 1 aromatic heterocycles. The minimum absolute atomic E-state index is 0.0781. The number of aryl methyl sites for hydroxylation is 1. The first-order chi connectivity index (χ1) is 16.5. The van der Waals surface area contributed by atoms with Crippen LogP contribution in [0.3, 0.4) is 0 Å². The smallest absolute Gasteiger partial charge is 0.262 e. The van der Waals surface area contributed by atoms with Crippen LogP contribution in [-0.4, -0.2) is 54.2 Å². The van der Waals surface area contributed by atoms with Crippen molar-refractivity contribution in [3.05, 3.63) is 93.4 Å². The van der Waals surface area contributed by atoms with Gasteiger partial charge in [0, 0.05) is 20.1 Å². The van der Waals surface area contributed by atoms with Gasteiger partial charge < -0.3 is 9.64 Å². The van der Waals surface area contributed by atoms with E-state index in [9.17, 15) is 14.0 Å². The van der Waals surface area contributed by atoms with Gasteiger partial charge in [-0.3, -0.25) is 9.59 Å². The molecule has 2 heterocycles. The Morgan fingerprint density at radius 3 is 2.59 bits per heavy atom. The van der Waals surface area contributed by atoms with Gasteiger partial charge in [-0.15, -0.1) is 11.3 Å². The minimum Gasteiger partial charge on any atom is -0.383 e. The van der Waals surface area contributed by atoms with Crippen LogP contribution in [0.4, 0.5) is 4.39 Å². The van der Waals surface area contributed by atoms with Crippen LogP contribution < -0.4 is 0 Å². The maximum Gasteiger partial charge on any atom is 0.262 e. The molecule has 4 rings (SSSR count). The van der Waals surface area contributed by atoms with Gasteiger partial charge in [0.1, 0.15) is 12.4 Å². The fourth-order valence-electron chi connectivity index (χ4n) is 3.87. The van der Waals surface area contributed by atoms with Crippen molar-refractivity contribution in [2.75, 3.05) is 26.8 Å². The topological polar surface area (TPSA) is 62.2 Å². The number of benzene rings is 2. The number of hydrazone groups is 1. The minimum atomic E-state index is -0.626. The Morgan fingerprint density at radius 1 is 1.15 bits per heavy atom. The van der Waals surface area contributed by atoms with Crippen LogP contribution >= 0.6 is 11.3 Å². The predicted octanol–water partition coefficient (Wildman–Crippen LogP) is 4.66. The Hall–Kier alpha value is -3.36. The van der Waals surface area contributed by atoms with E-state index >= 15 is 0 Å². The number of thiophene rings is 1. The molecule has 8 heteroatoms. The van der Waals surface area contributed by atoms with Crippen molar-refractivity contribution in [1.29, 1.82) is 0 Å². The third kappa shape index (κ3) is 5.24. The van der Waals surface area contributed by atoms with Crippen molar-refractivity contribution in [2.45, 2.75) is 19.4 Å². The molecule has 1 aliphatic rings. The van der Waals surface area contributed by atoms with E-state index in [1.807, 2.05) is 48.7 Å². The average molecular weight is 480 g/mol. The Morgan fingerprint density at radius 2 is 1.91 bits per heavy atom. The van der Waals surface area contributed by atoms with Crippen molar-refractivity contribution in [3.8, 4) is 0 Å². The van der Waals surface area contributed by atoms with Gasteiger partial charge in [0.05, 0.1) is 28.8 Å². The second kappa shape index (κ2) is 10.7. The first kappa shape index (κ1) is 23.8. The molecule has 176 valence electrons. The third-order valence-electron chi connectivity index (χ3n) is 5.72. The predicted molar refractivity (Wildman–Crippen MR) is 130 cm³/mol. The van der Waals surface area contributed by atoms with Crippen LogP contribution in [0.5, 0.6) is 0 Å². The molecule has 0 N–H and O–H groups in total. The number of hydrogen-bond acceptors (Lipinski definition) is 5. The number of carbonyl (C=O) groups excluding carboxylic acids is 2. The van der Waals surface area contributed by atoms with E-state index in [0.717, 1.165) is 21.7 Å². The summed E-state index contributed by atoms with van der Waals surface area (Å²) >= 11 is 1.57. The quantitative estimate of drug-likeness (QED) is 0.472. The Bertz CT molecular complexity index is 1180. The van der Waals surface area contributed by atoms with E-state index in [0.29, 0.717) is 6.42 Å². The van der Waals surface area contributed by atoms with E-state index in [4.69, 9.17) is 4.74 Å². The standard InChI is InChI=1S/C26H26FN3O3S/c1-18-9-11-19(12-10-18)23-16-22(24-8-5-15-34-24)28-30(23)25(31)17-29(13-14-33-2)26(32)20-6-3-4-7-21(20)27/h3-12,15,23H,13-14,16-17H2,1-2H3/t23-/m1/s1. The molecule has 0 aliphatic carbocycles. The van der Waals surface area contributed by atoms with Gasteiger partial charge in [0.25, 0.3) is 11.8 Å². The summed E-state index contributed by atoms with van der Waals surface area (Å²) in [7, 11) is 1.51. The molecule has 0 spiro atoms. The highest BCUT2D eigenvalue weighted by atomic mass is 32.1. The summed E-state index contributed by atoms with van der Waals surface area (Å²) in [5.41, 5.74) is 2.85. The van der Waals surface area contributed by atoms with E-state index in [2.05, 4.69) is 5.10 Å². The maximum absolute atomic E-state index is 14.3. The number of halogens is 1. The summed E-state index contributed by atoms with van der Waals surface area (Å²) in [6.45, 7) is 2.15. The number of rotatable bonds is 8.